The van der Waals surface area contributed by atoms with Crippen LogP contribution >= 0.6 is 0 Å². The van der Waals surface area contributed by atoms with Crippen molar-refractivity contribution in [2.24, 2.45) is 5.73 Å². The van der Waals surface area contributed by atoms with Crippen molar-refractivity contribution in [3.63, 3.8) is 0 Å². The van der Waals surface area contributed by atoms with E-state index < -0.39 is 5.54 Å². The molecular formula is C10H15FN2. The number of nitrogens with two attached hydrogens (primary N) is 2. The predicted octanol–water partition coefficient (Wildman–Crippen LogP) is 1.91. The van der Waals surface area contributed by atoms with Crippen LogP contribution in [0.2, 0.25) is 0 Å². The van der Waals surface area contributed by atoms with Crippen molar-refractivity contribution >= 4 is 5.69 Å². The highest BCUT2D eigenvalue weighted by Crippen LogP contribution is 2.27. The van der Waals surface area contributed by atoms with Gasteiger partial charge in [-0.3, -0.25) is 0 Å². The smallest absolute Gasteiger partial charge is 0.123 e. The van der Waals surface area contributed by atoms with Gasteiger partial charge in [0, 0.05) is 11.2 Å². The van der Waals surface area contributed by atoms with Crippen LogP contribution < -0.4 is 11.5 Å². The molecule has 0 spiro atoms. The van der Waals surface area contributed by atoms with E-state index in [-0.39, 0.29) is 5.82 Å². The second-order valence-corrected chi connectivity index (χ2v) is 3.91. The van der Waals surface area contributed by atoms with Crippen LogP contribution in [-0.4, -0.2) is 0 Å². The third-order valence-electron chi connectivity index (χ3n) is 2.05. The summed E-state index contributed by atoms with van der Waals surface area (Å²) in [6.07, 6.45) is 0. The Hall–Kier alpha value is -1.09. The average Bonchev–Trinajstić information content (AvgIpc) is 1.94. The molecule has 3 heteroatoms. The van der Waals surface area contributed by atoms with E-state index in [0.29, 0.717) is 11.3 Å². The monoisotopic (exact) mass is 182 g/mol. The van der Waals surface area contributed by atoms with E-state index in [1.165, 1.54) is 12.1 Å². The summed E-state index contributed by atoms with van der Waals surface area (Å²) in [5.74, 6) is -0.291. The Morgan fingerprint density at radius 1 is 1.31 bits per heavy atom. The fourth-order valence-corrected chi connectivity index (χ4v) is 1.29. The standard InChI is InChI=1S/C10H15FN2/c1-6-4-7(11)5-8(9(6)12)10(2,3)13/h4-5H,12-13H2,1-3H3. The van der Waals surface area contributed by atoms with Gasteiger partial charge in [0.2, 0.25) is 0 Å². The van der Waals surface area contributed by atoms with Crippen LogP contribution in [0.25, 0.3) is 0 Å². The summed E-state index contributed by atoms with van der Waals surface area (Å²) in [5.41, 5.74) is 13.0. The number of halogens is 1. The minimum absolute atomic E-state index is 0.291. The Balaban J connectivity index is 3.37. The van der Waals surface area contributed by atoms with Crippen LogP contribution in [0.3, 0.4) is 0 Å². The molecule has 1 aromatic carbocycles. The van der Waals surface area contributed by atoms with E-state index in [1.54, 1.807) is 20.8 Å². The molecule has 2 nitrogen and oxygen atoms in total. The molecule has 4 N–H and O–H groups in total. The number of rotatable bonds is 1. The molecule has 72 valence electrons. The molecule has 0 aliphatic rings. The molecule has 0 saturated heterocycles. The summed E-state index contributed by atoms with van der Waals surface area (Å²) in [6, 6.07) is 2.80. The van der Waals surface area contributed by atoms with Crippen LogP contribution in [0, 0.1) is 12.7 Å². The molecule has 13 heavy (non-hydrogen) atoms. The number of hydrogen-bond donors (Lipinski definition) is 2. The number of nitrogen functional groups attached to an aromatic ring is 1. The van der Waals surface area contributed by atoms with E-state index in [9.17, 15) is 4.39 Å². The van der Waals surface area contributed by atoms with Gasteiger partial charge in [0.15, 0.2) is 0 Å². The molecule has 0 aliphatic heterocycles. The predicted molar refractivity (Wildman–Crippen MR) is 52.8 cm³/mol. The first-order valence-electron chi connectivity index (χ1n) is 4.17. The van der Waals surface area contributed by atoms with Gasteiger partial charge < -0.3 is 11.5 Å². The van der Waals surface area contributed by atoms with Crippen molar-refractivity contribution in [1.29, 1.82) is 0 Å². The summed E-state index contributed by atoms with van der Waals surface area (Å²) in [5, 5.41) is 0. The Bertz CT molecular complexity index is 326. The minimum Gasteiger partial charge on any atom is -0.398 e. The molecular weight excluding hydrogens is 167 g/mol. The van der Waals surface area contributed by atoms with Crippen molar-refractivity contribution in [3.05, 3.63) is 29.1 Å². The first-order valence-corrected chi connectivity index (χ1v) is 4.17. The maximum absolute atomic E-state index is 13.0. The molecule has 0 radical (unpaired) electrons. The molecule has 1 rings (SSSR count). The van der Waals surface area contributed by atoms with Crippen molar-refractivity contribution in [2.75, 3.05) is 5.73 Å². The average molecular weight is 182 g/mol. The van der Waals surface area contributed by atoms with Crippen LogP contribution in [0.5, 0.6) is 0 Å². The van der Waals surface area contributed by atoms with Gasteiger partial charge in [0.1, 0.15) is 5.82 Å². The number of aryl methyl sites for hydroxylation is 1. The molecule has 0 fully saturated rings. The lowest BCUT2D eigenvalue weighted by atomic mass is 9.92. The molecule has 1 aromatic rings. The summed E-state index contributed by atoms with van der Waals surface area (Å²) >= 11 is 0. The molecule has 0 aliphatic carbocycles. The third kappa shape index (κ3) is 1.98. The minimum atomic E-state index is -0.600. The zero-order valence-corrected chi connectivity index (χ0v) is 8.19. The maximum atomic E-state index is 13.0. The molecule has 0 bridgehead atoms. The summed E-state index contributed by atoms with van der Waals surface area (Å²) in [7, 11) is 0. The Morgan fingerprint density at radius 3 is 2.31 bits per heavy atom. The van der Waals surface area contributed by atoms with E-state index in [2.05, 4.69) is 0 Å². The van der Waals surface area contributed by atoms with E-state index in [4.69, 9.17) is 11.5 Å². The molecule has 0 atom stereocenters. The fraction of sp³-hybridized carbons (Fsp3) is 0.400. The maximum Gasteiger partial charge on any atom is 0.123 e. The SMILES string of the molecule is Cc1cc(F)cc(C(C)(C)N)c1N. The molecule has 0 saturated carbocycles. The fourth-order valence-electron chi connectivity index (χ4n) is 1.29. The Morgan fingerprint density at radius 2 is 1.85 bits per heavy atom. The van der Waals surface area contributed by atoms with E-state index in [1.807, 2.05) is 0 Å². The molecule has 0 aromatic heterocycles. The van der Waals surface area contributed by atoms with Gasteiger partial charge in [0.05, 0.1) is 0 Å². The summed E-state index contributed by atoms with van der Waals surface area (Å²) in [4.78, 5) is 0. The molecule has 0 heterocycles. The van der Waals surface area contributed by atoms with E-state index >= 15 is 0 Å². The third-order valence-corrected chi connectivity index (χ3v) is 2.05. The zero-order valence-electron chi connectivity index (χ0n) is 8.19. The van der Waals surface area contributed by atoms with Gasteiger partial charge in [0.25, 0.3) is 0 Å². The van der Waals surface area contributed by atoms with Crippen molar-refractivity contribution in [3.8, 4) is 0 Å². The van der Waals surface area contributed by atoms with Gasteiger partial charge in [-0.2, -0.15) is 0 Å². The zero-order chi connectivity index (χ0) is 10.2. The van der Waals surface area contributed by atoms with Gasteiger partial charge in [-0.1, -0.05) is 0 Å². The van der Waals surface area contributed by atoms with Gasteiger partial charge >= 0.3 is 0 Å². The second-order valence-electron chi connectivity index (χ2n) is 3.91. The molecule has 0 amide bonds. The largest absolute Gasteiger partial charge is 0.398 e. The highest BCUT2D eigenvalue weighted by molar-refractivity contribution is 5.55. The van der Waals surface area contributed by atoms with Crippen molar-refractivity contribution < 1.29 is 4.39 Å². The number of benzene rings is 1. The van der Waals surface area contributed by atoms with Gasteiger partial charge in [-0.25, -0.2) is 4.39 Å². The molecule has 0 unspecified atom stereocenters. The second kappa shape index (κ2) is 3.00. The highest BCUT2D eigenvalue weighted by Gasteiger charge is 2.19. The lowest BCUT2D eigenvalue weighted by Gasteiger charge is -2.22. The first kappa shape index (κ1) is 9.99. The Labute approximate surface area is 77.7 Å². The highest BCUT2D eigenvalue weighted by atomic mass is 19.1. The number of anilines is 1. The summed E-state index contributed by atoms with van der Waals surface area (Å²) < 4.78 is 13.0. The quantitative estimate of drug-likeness (QED) is 0.652. The van der Waals surface area contributed by atoms with Crippen LogP contribution in [0.1, 0.15) is 25.0 Å². The van der Waals surface area contributed by atoms with Crippen LogP contribution in [0.4, 0.5) is 10.1 Å². The van der Waals surface area contributed by atoms with Gasteiger partial charge in [-0.05, 0) is 44.0 Å². The first-order chi connectivity index (χ1) is 5.82. The Kier molecular flexibility index (Phi) is 2.30. The lowest BCUT2D eigenvalue weighted by Crippen LogP contribution is -2.30. The van der Waals surface area contributed by atoms with Crippen molar-refractivity contribution in [2.45, 2.75) is 26.3 Å². The van der Waals surface area contributed by atoms with Gasteiger partial charge in [-0.15, -0.1) is 0 Å². The summed E-state index contributed by atoms with van der Waals surface area (Å²) in [6.45, 7) is 5.38. The van der Waals surface area contributed by atoms with E-state index in [0.717, 1.165) is 5.56 Å². The topological polar surface area (TPSA) is 52.0 Å². The number of hydrogen-bond acceptors (Lipinski definition) is 2. The van der Waals surface area contributed by atoms with Crippen LogP contribution in [0.15, 0.2) is 12.1 Å². The lowest BCUT2D eigenvalue weighted by molar-refractivity contribution is 0.545. The van der Waals surface area contributed by atoms with Crippen LogP contribution in [-0.2, 0) is 5.54 Å². The normalized spacial score (nSPS) is 11.8. The van der Waals surface area contributed by atoms with Crippen molar-refractivity contribution in [1.82, 2.24) is 0 Å².